The third kappa shape index (κ3) is 4.04. The average molecular weight is 415 g/mol. The largest absolute Gasteiger partial charge is 0.478 e. The maximum absolute atomic E-state index is 13.3. The number of amides is 1. The summed E-state index contributed by atoms with van der Waals surface area (Å²) in [7, 11) is 0. The van der Waals surface area contributed by atoms with Crippen LogP contribution in [0.25, 0.3) is 10.9 Å². The van der Waals surface area contributed by atoms with Crippen LogP contribution >= 0.6 is 0 Å². The predicted molar refractivity (Wildman–Crippen MR) is 122 cm³/mol. The molecule has 0 saturated heterocycles. The van der Waals surface area contributed by atoms with E-state index in [2.05, 4.69) is 22.0 Å². The Kier molecular flexibility index (Phi) is 5.51. The molecule has 0 bridgehead atoms. The highest BCUT2D eigenvalue weighted by Crippen LogP contribution is 2.45. The van der Waals surface area contributed by atoms with Crippen LogP contribution in [0.3, 0.4) is 0 Å². The number of carbonyl (C=O) groups is 2. The maximum atomic E-state index is 13.3. The molecule has 0 aliphatic heterocycles. The highest BCUT2D eigenvalue weighted by atomic mass is 16.4. The number of nitrogens with zero attached hydrogens (tertiary/aromatic N) is 1. The molecule has 0 unspecified atom stereocenters. The van der Waals surface area contributed by atoms with Crippen molar-refractivity contribution in [2.75, 3.05) is 0 Å². The molecule has 4 rings (SSSR count). The lowest BCUT2D eigenvalue weighted by Gasteiger charge is -2.19. The molecule has 1 aliphatic carbocycles. The molecule has 1 aromatic heterocycles. The molecule has 3 aromatic rings. The van der Waals surface area contributed by atoms with Crippen molar-refractivity contribution >= 4 is 22.8 Å². The van der Waals surface area contributed by atoms with E-state index in [1.807, 2.05) is 50.4 Å². The fourth-order valence-electron chi connectivity index (χ4n) is 4.05. The number of carboxylic acids is 1. The fourth-order valence-corrected chi connectivity index (χ4v) is 4.05. The van der Waals surface area contributed by atoms with Gasteiger partial charge in [-0.25, -0.2) is 4.79 Å². The third-order valence-electron chi connectivity index (χ3n) is 5.92. The van der Waals surface area contributed by atoms with Crippen LogP contribution in [-0.4, -0.2) is 21.6 Å². The zero-order valence-electron chi connectivity index (χ0n) is 17.8. The number of nitrogens with one attached hydrogen (secondary N) is 1. The Hall–Kier alpha value is -3.60. The summed E-state index contributed by atoms with van der Waals surface area (Å²) in [6.45, 7) is 4.70. The number of benzene rings is 2. The van der Waals surface area contributed by atoms with Crippen molar-refractivity contribution in [1.82, 2.24) is 9.88 Å². The summed E-state index contributed by atoms with van der Waals surface area (Å²) in [6, 6.07) is 14.6. The number of rotatable bonds is 7. The molecule has 31 heavy (non-hydrogen) atoms. The molecular formula is C26H26N2O3. The highest BCUT2D eigenvalue weighted by Gasteiger charge is 2.46. The molecule has 1 aliphatic rings. The second-order valence-corrected chi connectivity index (χ2v) is 7.97. The Morgan fingerprint density at radius 3 is 2.45 bits per heavy atom. The molecule has 5 nitrogen and oxygen atoms in total. The predicted octanol–water partition coefficient (Wildman–Crippen LogP) is 5.28. The Bertz CT molecular complexity index is 1200. The minimum Gasteiger partial charge on any atom is -0.478 e. The number of carboxylic acid groups (broad SMARTS) is 1. The summed E-state index contributed by atoms with van der Waals surface area (Å²) in [5, 5.41) is 13.4. The quantitative estimate of drug-likeness (QED) is 0.517. The third-order valence-corrected chi connectivity index (χ3v) is 5.92. The first kappa shape index (κ1) is 20.7. The summed E-state index contributed by atoms with van der Waals surface area (Å²) in [6.07, 6.45) is 9.87. The van der Waals surface area contributed by atoms with E-state index in [1.54, 1.807) is 24.3 Å². The molecule has 1 heterocycles. The van der Waals surface area contributed by atoms with Gasteiger partial charge in [0.15, 0.2) is 0 Å². The van der Waals surface area contributed by atoms with Crippen LogP contribution < -0.4 is 5.32 Å². The van der Waals surface area contributed by atoms with Crippen molar-refractivity contribution in [2.45, 2.75) is 38.8 Å². The summed E-state index contributed by atoms with van der Waals surface area (Å²) >= 11 is 0. The number of allylic oxidation sites excluding steroid dienone is 4. The monoisotopic (exact) mass is 414 g/mol. The first-order valence-corrected chi connectivity index (χ1v) is 10.5. The van der Waals surface area contributed by atoms with Crippen LogP contribution in [-0.2, 0) is 12.1 Å². The summed E-state index contributed by atoms with van der Waals surface area (Å²) in [5.74, 6) is -1.07. The van der Waals surface area contributed by atoms with Crippen LogP contribution in [0.15, 0.2) is 78.5 Å². The molecule has 1 saturated carbocycles. The van der Waals surface area contributed by atoms with E-state index < -0.39 is 11.5 Å². The molecular weight excluding hydrogens is 388 g/mol. The van der Waals surface area contributed by atoms with E-state index in [4.69, 9.17) is 5.11 Å². The van der Waals surface area contributed by atoms with Gasteiger partial charge in [0.2, 0.25) is 0 Å². The van der Waals surface area contributed by atoms with Crippen LogP contribution in [0.1, 0.15) is 53.0 Å². The molecule has 0 atom stereocenters. The normalized spacial score (nSPS) is 15.4. The summed E-state index contributed by atoms with van der Waals surface area (Å²) < 4.78 is 2.11. The standard InChI is InChI=1S/C26H26N2O3/c1-3-6-18(4-2)17-28-16-13-19-7-5-8-22(23(19)28)24(29)27-26(14-15-26)21-11-9-20(10-12-21)25(30)31/h3-13,16H,14-15,17H2,1-2H3,(H,27,29)(H,30,31)/b6-3-,18-4+. The van der Waals surface area contributed by atoms with E-state index in [0.717, 1.165) is 29.3 Å². The van der Waals surface area contributed by atoms with Crippen LogP contribution in [0.5, 0.6) is 0 Å². The number of fused-ring (bicyclic) bond motifs is 1. The van der Waals surface area contributed by atoms with E-state index in [9.17, 15) is 9.59 Å². The van der Waals surface area contributed by atoms with Crippen LogP contribution in [0.4, 0.5) is 0 Å². The summed E-state index contributed by atoms with van der Waals surface area (Å²) in [5.41, 5.74) is 3.50. The molecule has 0 radical (unpaired) electrons. The van der Waals surface area contributed by atoms with Crippen molar-refractivity contribution in [2.24, 2.45) is 0 Å². The SMILES string of the molecule is C/C=C\C(=C/C)Cn1ccc2cccc(C(=O)NC3(c4ccc(C(=O)O)cc4)CC3)c21. The number of aromatic carboxylic acids is 1. The number of hydrogen-bond acceptors (Lipinski definition) is 2. The van der Waals surface area contributed by atoms with Gasteiger partial charge in [0.1, 0.15) is 0 Å². The number of carbonyl (C=O) groups excluding carboxylic acids is 1. The van der Waals surface area contributed by atoms with E-state index in [1.165, 1.54) is 5.57 Å². The van der Waals surface area contributed by atoms with Crippen molar-refractivity contribution in [3.63, 3.8) is 0 Å². The molecule has 2 aromatic carbocycles. The summed E-state index contributed by atoms with van der Waals surface area (Å²) in [4.78, 5) is 24.5. The van der Waals surface area contributed by atoms with Gasteiger partial charge < -0.3 is 15.0 Å². The second kappa shape index (κ2) is 8.26. The number of hydrogen-bond donors (Lipinski definition) is 2. The van der Waals surface area contributed by atoms with Gasteiger partial charge in [0.25, 0.3) is 5.91 Å². The highest BCUT2D eigenvalue weighted by molar-refractivity contribution is 6.06. The van der Waals surface area contributed by atoms with Crippen molar-refractivity contribution in [1.29, 1.82) is 0 Å². The van der Waals surface area contributed by atoms with Gasteiger partial charge in [0.05, 0.1) is 22.2 Å². The smallest absolute Gasteiger partial charge is 0.335 e. The molecule has 1 amide bonds. The zero-order valence-corrected chi connectivity index (χ0v) is 17.8. The molecule has 5 heteroatoms. The molecule has 158 valence electrons. The fraction of sp³-hybridized carbons (Fsp3) is 0.231. The van der Waals surface area contributed by atoms with Gasteiger partial charge in [0, 0.05) is 18.1 Å². The molecule has 0 spiro atoms. The number of aromatic nitrogens is 1. The first-order chi connectivity index (χ1) is 15.0. The average Bonchev–Trinajstić information content (AvgIpc) is 3.45. The minimum atomic E-state index is -0.953. The second-order valence-electron chi connectivity index (χ2n) is 7.97. The van der Waals surface area contributed by atoms with Crippen molar-refractivity contribution < 1.29 is 14.7 Å². The van der Waals surface area contributed by atoms with E-state index in [0.29, 0.717) is 12.1 Å². The van der Waals surface area contributed by atoms with Gasteiger partial charge in [-0.05, 0) is 62.1 Å². The van der Waals surface area contributed by atoms with Crippen LogP contribution in [0.2, 0.25) is 0 Å². The van der Waals surface area contributed by atoms with Crippen molar-refractivity contribution in [3.8, 4) is 0 Å². The lowest BCUT2D eigenvalue weighted by Crippen LogP contribution is -2.35. The first-order valence-electron chi connectivity index (χ1n) is 10.5. The Balaban J connectivity index is 1.63. The Labute approximate surface area is 181 Å². The van der Waals surface area contributed by atoms with E-state index >= 15 is 0 Å². The number of para-hydroxylation sites is 1. The van der Waals surface area contributed by atoms with Gasteiger partial charge in [-0.2, -0.15) is 0 Å². The van der Waals surface area contributed by atoms with Gasteiger partial charge >= 0.3 is 5.97 Å². The lowest BCUT2D eigenvalue weighted by atomic mass is 10.0. The van der Waals surface area contributed by atoms with Crippen LogP contribution in [0, 0.1) is 0 Å². The Morgan fingerprint density at radius 1 is 1.10 bits per heavy atom. The molecule has 2 N–H and O–H groups in total. The van der Waals surface area contributed by atoms with Gasteiger partial charge in [-0.3, -0.25) is 4.79 Å². The Morgan fingerprint density at radius 2 is 1.84 bits per heavy atom. The van der Waals surface area contributed by atoms with Crippen molar-refractivity contribution in [3.05, 3.63) is 95.2 Å². The minimum absolute atomic E-state index is 0.113. The zero-order chi connectivity index (χ0) is 22.0. The molecule has 1 fully saturated rings. The van der Waals surface area contributed by atoms with Gasteiger partial charge in [-0.15, -0.1) is 0 Å². The van der Waals surface area contributed by atoms with E-state index in [-0.39, 0.29) is 11.5 Å². The lowest BCUT2D eigenvalue weighted by molar-refractivity contribution is 0.0696. The van der Waals surface area contributed by atoms with Gasteiger partial charge in [-0.1, -0.05) is 42.5 Å². The maximum Gasteiger partial charge on any atom is 0.335 e. The topological polar surface area (TPSA) is 71.3 Å².